The average molecular weight is 310 g/mol. The molecule has 0 aliphatic rings. The molecule has 0 heterocycles. The lowest BCUT2D eigenvalue weighted by Crippen LogP contribution is -2.52. The van der Waals surface area contributed by atoms with Crippen LogP contribution in [0.2, 0.25) is 0 Å². The summed E-state index contributed by atoms with van der Waals surface area (Å²) in [5, 5.41) is 23.5. The summed E-state index contributed by atoms with van der Waals surface area (Å²) in [4.78, 5) is 22.9. The molecular weight excluding hydrogens is 290 g/mol. The van der Waals surface area contributed by atoms with Crippen molar-refractivity contribution in [3.63, 3.8) is 0 Å². The van der Waals surface area contributed by atoms with Gasteiger partial charge in [-0.1, -0.05) is 12.1 Å². The van der Waals surface area contributed by atoms with Gasteiger partial charge in [0.1, 0.15) is 23.5 Å². The Bertz CT molecular complexity index is 537. The highest BCUT2D eigenvalue weighted by Crippen LogP contribution is 2.22. The molecule has 0 aromatic heterocycles. The summed E-state index contributed by atoms with van der Waals surface area (Å²) in [5.41, 5.74) is -0.522. The van der Waals surface area contributed by atoms with Crippen LogP contribution < -0.4 is 15.2 Å². The molecule has 122 valence electrons. The molecule has 0 radical (unpaired) electrons. The van der Waals surface area contributed by atoms with Crippen molar-refractivity contribution in [2.45, 2.75) is 38.5 Å². The van der Waals surface area contributed by atoms with Crippen molar-refractivity contribution in [1.82, 2.24) is 5.32 Å². The van der Waals surface area contributed by atoms with E-state index in [1.807, 2.05) is 0 Å². The number of rotatable bonds is 5. The van der Waals surface area contributed by atoms with Crippen molar-refractivity contribution in [2.24, 2.45) is 0 Å². The standard InChI is InChI=1S/C15H21NO6/c1-15(2,3)22-14(20)16-11(13(18)19)12(17)9-6-5-7-10(8-9)21-4/h5-8,11-12,17H,1-4H3,(H,16,20)(H,18,19)/p-1/t11-,12+/m1/s1. The van der Waals surface area contributed by atoms with Crippen LogP contribution in [0, 0.1) is 0 Å². The van der Waals surface area contributed by atoms with Gasteiger partial charge in [-0.05, 0) is 38.5 Å². The quantitative estimate of drug-likeness (QED) is 0.813. The van der Waals surface area contributed by atoms with Crippen molar-refractivity contribution >= 4 is 12.1 Å². The summed E-state index contributed by atoms with van der Waals surface area (Å²) in [6.45, 7) is 4.91. The van der Waals surface area contributed by atoms with E-state index >= 15 is 0 Å². The van der Waals surface area contributed by atoms with Crippen LogP contribution in [0.1, 0.15) is 32.4 Å². The van der Waals surface area contributed by atoms with Gasteiger partial charge in [-0.3, -0.25) is 0 Å². The maximum atomic E-state index is 11.7. The molecule has 2 N–H and O–H groups in total. The zero-order valence-corrected chi connectivity index (χ0v) is 13.0. The van der Waals surface area contributed by atoms with Crippen molar-refractivity contribution in [3.05, 3.63) is 29.8 Å². The lowest BCUT2D eigenvalue weighted by Gasteiger charge is -2.27. The van der Waals surface area contributed by atoms with Crippen LogP contribution in [-0.2, 0) is 9.53 Å². The van der Waals surface area contributed by atoms with Gasteiger partial charge >= 0.3 is 6.09 Å². The van der Waals surface area contributed by atoms with E-state index in [1.54, 1.807) is 32.9 Å². The molecule has 1 aromatic carbocycles. The minimum absolute atomic E-state index is 0.268. The number of carboxylic acids is 1. The largest absolute Gasteiger partial charge is 0.548 e. The third kappa shape index (κ3) is 5.25. The van der Waals surface area contributed by atoms with Crippen molar-refractivity contribution in [3.8, 4) is 5.75 Å². The van der Waals surface area contributed by atoms with Gasteiger partial charge in [-0.2, -0.15) is 0 Å². The number of carbonyl (C=O) groups excluding carboxylic acids is 2. The van der Waals surface area contributed by atoms with Gasteiger partial charge in [0, 0.05) is 0 Å². The van der Waals surface area contributed by atoms with E-state index in [9.17, 15) is 19.8 Å². The number of aliphatic hydroxyl groups excluding tert-OH is 1. The smallest absolute Gasteiger partial charge is 0.408 e. The van der Waals surface area contributed by atoms with Crippen LogP contribution in [0.15, 0.2) is 24.3 Å². The van der Waals surface area contributed by atoms with Crippen LogP contribution in [0.25, 0.3) is 0 Å². The molecule has 1 aromatic rings. The first-order chi connectivity index (χ1) is 10.1. The molecule has 0 aliphatic carbocycles. The number of amides is 1. The molecule has 1 amide bonds. The van der Waals surface area contributed by atoms with E-state index in [0.717, 1.165) is 0 Å². The fourth-order valence-electron chi connectivity index (χ4n) is 1.72. The predicted octanol–water partition coefficient (Wildman–Crippen LogP) is 0.372. The third-order valence-corrected chi connectivity index (χ3v) is 2.68. The Balaban J connectivity index is 2.90. The number of aliphatic hydroxyl groups is 1. The minimum Gasteiger partial charge on any atom is -0.548 e. The summed E-state index contributed by atoms with van der Waals surface area (Å²) < 4.78 is 9.98. The van der Waals surface area contributed by atoms with E-state index in [2.05, 4.69) is 5.32 Å². The second-order valence-corrected chi connectivity index (χ2v) is 5.66. The van der Waals surface area contributed by atoms with E-state index in [4.69, 9.17) is 9.47 Å². The number of carboxylic acid groups (broad SMARTS) is 1. The highest BCUT2D eigenvalue weighted by molar-refractivity contribution is 5.79. The lowest BCUT2D eigenvalue weighted by molar-refractivity contribution is -0.310. The molecule has 0 saturated heterocycles. The number of ether oxygens (including phenoxy) is 2. The normalized spacial score (nSPS) is 13.9. The predicted molar refractivity (Wildman–Crippen MR) is 76.1 cm³/mol. The van der Waals surface area contributed by atoms with Crippen LogP contribution in [-0.4, -0.2) is 35.9 Å². The van der Waals surface area contributed by atoms with E-state index in [-0.39, 0.29) is 5.56 Å². The number of aliphatic carboxylic acids is 1. The highest BCUT2D eigenvalue weighted by Gasteiger charge is 2.27. The Labute approximate surface area is 128 Å². The molecule has 0 spiro atoms. The topological polar surface area (TPSA) is 108 Å². The van der Waals surface area contributed by atoms with Gasteiger partial charge in [0.2, 0.25) is 0 Å². The summed E-state index contributed by atoms with van der Waals surface area (Å²) >= 11 is 0. The number of alkyl carbamates (subject to hydrolysis) is 1. The van der Waals surface area contributed by atoms with Crippen LogP contribution in [0.4, 0.5) is 4.79 Å². The number of benzene rings is 1. The Morgan fingerprint density at radius 1 is 1.32 bits per heavy atom. The Hall–Kier alpha value is -2.28. The first kappa shape index (κ1) is 17.8. The first-order valence-electron chi connectivity index (χ1n) is 6.66. The van der Waals surface area contributed by atoms with E-state index < -0.39 is 29.8 Å². The maximum Gasteiger partial charge on any atom is 0.408 e. The average Bonchev–Trinajstić information content (AvgIpc) is 2.42. The van der Waals surface area contributed by atoms with Gasteiger partial charge in [0.15, 0.2) is 0 Å². The second-order valence-electron chi connectivity index (χ2n) is 5.66. The second kappa shape index (κ2) is 7.13. The molecule has 1 rings (SSSR count). The van der Waals surface area contributed by atoms with Crippen LogP contribution >= 0.6 is 0 Å². The van der Waals surface area contributed by atoms with Crippen molar-refractivity contribution < 1.29 is 29.3 Å². The molecule has 2 atom stereocenters. The SMILES string of the molecule is COc1cccc([C@H](O)[C@@H](NC(=O)OC(C)(C)C)C(=O)[O-])c1. The molecule has 0 fully saturated rings. The third-order valence-electron chi connectivity index (χ3n) is 2.68. The number of methoxy groups -OCH3 is 1. The molecule has 7 nitrogen and oxygen atoms in total. The lowest BCUT2D eigenvalue weighted by atomic mass is 10.0. The van der Waals surface area contributed by atoms with Gasteiger partial charge in [0.25, 0.3) is 0 Å². The first-order valence-corrected chi connectivity index (χ1v) is 6.66. The van der Waals surface area contributed by atoms with Crippen LogP contribution in [0.5, 0.6) is 5.75 Å². The van der Waals surface area contributed by atoms with Crippen molar-refractivity contribution in [1.29, 1.82) is 0 Å². The Kier molecular flexibility index (Phi) is 5.76. The number of hydrogen-bond donors (Lipinski definition) is 2. The number of carbonyl (C=O) groups is 2. The summed E-state index contributed by atoms with van der Waals surface area (Å²) in [5.74, 6) is -1.17. The fraction of sp³-hybridized carbons (Fsp3) is 0.467. The fourth-order valence-corrected chi connectivity index (χ4v) is 1.72. The molecule has 0 saturated carbocycles. The molecule has 0 unspecified atom stereocenters. The maximum absolute atomic E-state index is 11.7. The number of hydrogen-bond acceptors (Lipinski definition) is 6. The molecule has 0 aliphatic heterocycles. The molecule has 7 heteroatoms. The summed E-state index contributed by atoms with van der Waals surface area (Å²) in [7, 11) is 1.45. The molecule has 22 heavy (non-hydrogen) atoms. The zero-order chi connectivity index (χ0) is 16.9. The van der Waals surface area contributed by atoms with Gasteiger partial charge in [0.05, 0.1) is 13.1 Å². The minimum atomic E-state index is -1.65. The monoisotopic (exact) mass is 310 g/mol. The van der Waals surface area contributed by atoms with Gasteiger partial charge in [-0.15, -0.1) is 0 Å². The van der Waals surface area contributed by atoms with Gasteiger partial charge in [-0.25, -0.2) is 4.79 Å². The highest BCUT2D eigenvalue weighted by atomic mass is 16.6. The Morgan fingerprint density at radius 3 is 2.45 bits per heavy atom. The molecular formula is C15H20NO6-. The van der Waals surface area contributed by atoms with Gasteiger partial charge < -0.3 is 29.8 Å². The van der Waals surface area contributed by atoms with E-state index in [0.29, 0.717) is 5.75 Å². The zero-order valence-electron chi connectivity index (χ0n) is 13.0. The number of nitrogens with one attached hydrogen (secondary N) is 1. The molecule has 0 bridgehead atoms. The van der Waals surface area contributed by atoms with Crippen LogP contribution in [0.3, 0.4) is 0 Å². The summed E-state index contributed by atoms with van der Waals surface area (Å²) in [6, 6.07) is 4.57. The Morgan fingerprint density at radius 2 is 1.95 bits per heavy atom. The van der Waals surface area contributed by atoms with E-state index in [1.165, 1.54) is 19.2 Å². The van der Waals surface area contributed by atoms with Crippen molar-refractivity contribution in [2.75, 3.05) is 7.11 Å². The summed E-state index contributed by atoms with van der Waals surface area (Å²) in [6.07, 6.45) is -2.46.